The molecule has 0 aromatic carbocycles. The summed E-state index contributed by atoms with van der Waals surface area (Å²) in [6, 6.07) is 1.84. The third kappa shape index (κ3) is 3.42. The zero-order valence-corrected chi connectivity index (χ0v) is 13.2. The fourth-order valence-corrected chi connectivity index (χ4v) is 2.72. The van der Waals surface area contributed by atoms with Crippen LogP contribution in [0.3, 0.4) is 0 Å². The molecule has 5 heteroatoms. The number of ether oxygens (including phenoxy) is 1. The maximum Gasteiger partial charge on any atom is 0.225 e. The molecule has 0 bridgehead atoms. The lowest BCUT2D eigenvalue weighted by Crippen LogP contribution is -2.32. The molecule has 22 heavy (non-hydrogen) atoms. The molecule has 1 aliphatic heterocycles. The minimum atomic E-state index is 0.554. The van der Waals surface area contributed by atoms with Gasteiger partial charge in [0.25, 0.3) is 0 Å². The summed E-state index contributed by atoms with van der Waals surface area (Å²) in [5.74, 6) is 1.34. The first-order valence-corrected chi connectivity index (χ1v) is 7.78. The Balaban J connectivity index is 1.73. The average Bonchev–Trinajstić information content (AvgIpc) is 2.55. The van der Waals surface area contributed by atoms with Crippen LogP contribution in [-0.2, 0) is 24.3 Å². The highest BCUT2D eigenvalue weighted by molar-refractivity contribution is 5.41. The zero-order chi connectivity index (χ0) is 15.4. The topological polar surface area (TPSA) is 51.1 Å². The lowest BCUT2D eigenvalue weighted by Gasteiger charge is -2.29. The zero-order valence-electron chi connectivity index (χ0n) is 13.2. The van der Waals surface area contributed by atoms with Gasteiger partial charge in [-0.05, 0) is 35.1 Å². The van der Waals surface area contributed by atoms with E-state index >= 15 is 0 Å². The van der Waals surface area contributed by atoms with Crippen molar-refractivity contribution in [2.45, 2.75) is 33.4 Å². The molecule has 0 unspecified atom stereocenters. The van der Waals surface area contributed by atoms with Gasteiger partial charge in [-0.15, -0.1) is 0 Å². The molecule has 0 radical (unpaired) electrons. The van der Waals surface area contributed by atoms with Gasteiger partial charge in [-0.25, -0.2) is 9.97 Å². The summed E-state index contributed by atoms with van der Waals surface area (Å²) in [7, 11) is 0. The van der Waals surface area contributed by atoms with Gasteiger partial charge in [-0.3, -0.25) is 4.98 Å². The van der Waals surface area contributed by atoms with Crippen molar-refractivity contribution in [3.8, 4) is 0 Å². The third-order valence-corrected chi connectivity index (χ3v) is 3.77. The van der Waals surface area contributed by atoms with Crippen molar-refractivity contribution in [3.05, 3.63) is 47.5 Å². The van der Waals surface area contributed by atoms with Gasteiger partial charge < -0.3 is 9.64 Å². The van der Waals surface area contributed by atoms with E-state index in [4.69, 9.17) is 4.74 Å². The van der Waals surface area contributed by atoms with E-state index in [1.54, 1.807) is 12.4 Å². The van der Waals surface area contributed by atoms with Crippen molar-refractivity contribution in [2.24, 2.45) is 5.92 Å². The summed E-state index contributed by atoms with van der Waals surface area (Å²) in [4.78, 5) is 15.2. The Hall–Kier alpha value is -2.01. The molecule has 0 saturated heterocycles. The monoisotopic (exact) mass is 298 g/mol. The normalized spacial score (nSPS) is 14.2. The van der Waals surface area contributed by atoms with Gasteiger partial charge in [0.05, 0.1) is 6.61 Å². The molecule has 0 N–H and O–H groups in total. The van der Waals surface area contributed by atoms with Crippen molar-refractivity contribution in [3.63, 3.8) is 0 Å². The van der Waals surface area contributed by atoms with E-state index in [2.05, 4.69) is 33.7 Å². The minimum Gasteiger partial charge on any atom is -0.376 e. The number of pyridine rings is 1. The summed E-state index contributed by atoms with van der Waals surface area (Å²) in [5, 5.41) is 0. The number of nitrogens with zero attached hydrogens (tertiary/aromatic N) is 4. The maximum absolute atomic E-state index is 5.78. The second-order valence-electron chi connectivity index (χ2n) is 6.07. The van der Waals surface area contributed by atoms with Gasteiger partial charge in [0.1, 0.15) is 0 Å². The van der Waals surface area contributed by atoms with Crippen molar-refractivity contribution >= 4 is 5.95 Å². The standard InChI is InChI=1S/C17H22N4O/c1-13(2)11-22-12-15-9-18-8-14-10-21(7-4-16(14)15)17-19-5-3-6-20-17/h3,5-6,8-9,13H,4,7,10-12H2,1-2H3. The fourth-order valence-electron chi connectivity index (χ4n) is 2.72. The van der Waals surface area contributed by atoms with E-state index in [0.717, 1.165) is 32.1 Å². The molecular weight excluding hydrogens is 276 g/mol. The molecule has 1 aliphatic rings. The van der Waals surface area contributed by atoms with Crippen molar-refractivity contribution in [1.82, 2.24) is 15.0 Å². The van der Waals surface area contributed by atoms with Gasteiger partial charge in [0.15, 0.2) is 0 Å². The Morgan fingerprint density at radius 2 is 2.05 bits per heavy atom. The van der Waals surface area contributed by atoms with E-state index < -0.39 is 0 Å². The second-order valence-corrected chi connectivity index (χ2v) is 6.07. The van der Waals surface area contributed by atoms with Crippen LogP contribution in [0.2, 0.25) is 0 Å². The van der Waals surface area contributed by atoms with Gasteiger partial charge in [0.2, 0.25) is 5.95 Å². The van der Waals surface area contributed by atoms with Crippen LogP contribution < -0.4 is 4.90 Å². The SMILES string of the molecule is CC(C)COCc1cncc2c1CCN(c1ncccn1)C2. The summed E-state index contributed by atoms with van der Waals surface area (Å²) >= 11 is 0. The predicted octanol–water partition coefficient (Wildman–Crippen LogP) is 2.61. The van der Waals surface area contributed by atoms with E-state index in [0.29, 0.717) is 12.5 Å². The predicted molar refractivity (Wildman–Crippen MR) is 85.5 cm³/mol. The van der Waals surface area contributed by atoms with E-state index in [-0.39, 0.29) is 0 Å². The molecule has 3 rings (SSSR count). The Labute approximate surface area is 131 Å². The third-order valence-electron chi connectivity index (χ3n) is 3.77. The Morgan fingerprint density at radius 3 is 2.82 bits per heavy atom. The van der Waals surface area contributed by atoms with Crippen molar-refractivity contribution in [1.29, 1.82) is 0 Å². The Morgan fingerprint density at radius 1 is 1.23 bits per heavy atom. The van der Waals surface area contributed by atoms with Crippen molar-refractivity contribution < 1.29 is 4.74 Å². The summed E-state index contributed by atoms with van der Waals surface area (Å²) in [5.41, 5.74) is 3.85. The smallest absolute Gasteiger partial charge is 0.225 e. The molecule has 0 fully saturated rings. The van der Waals surface area contributed by atoms with Crippen LogP contribution in [0.15, 0.2) is 30.9 Å². The highest BCUT2D eigenvalue weighted by atomic mass is 16.5. The number of hydrogen-bond donors (Lipinski definition) is 0. The molecule has 0 amide bonds. The highest BCUT2D eigenvalue weighted by Crippen LogP contribution is 2.24. The minimum absolute atomic E-state index is 0.554. The van der Waals surface area contributed by atoms with E-state index in [1.165, 1.54) is 16.7 Å². The number of hydrogen-bond acceptors (Lipinski definition) is 5. The molecule has 0 atom stereocenters. The van der Waals surface area contributed by atoms with Gasteiger partial charge >= 0.3 is 0 Å². The first-order chi connectivity index (χ1) is 10.7. The van der Waals surface area contributed by atoms with E-state index in [9.17, 15) is 0 Å². The summed E-state index contributed by atoms with van der Waals surface area (Å²) < 4.78 is 5.78. The van der Waals surface area contributed by atoms with Crippen LogP contribution in [0.1, 0.15) is 30.5 Å². The molecule has 0 aliphatic carbocycles. The molecule has 0 saturated carbocycles. The maximum atomic E-state index is 5.78. The summed E-state index contributed by atoms with van der Waals surface area (Å²) in [6.45, 7) is 7.50. The van der Waals surface area contributed by atoms with Crippen LogP contribution >= 0.6 is 0 Å². The van der Waals surface area contributed by atoms with Gasteiger partial charge in [-0.1, -0.05) is 13.8 Å². The van der Waals surface area contributed by atoms with Crippen LogP contribution in [0, 0.1) is 5.92 Å². The lowest BCUT2D eigenvalue weighted by molar-refractivity contribution is 0.0963. The number of aromatic nitrogens is 3. The fraction of sp³-hybridized carbons (Fsp3) is 0.471. The Bertz CT molecular complexity index is 615. The molecule has 5 nitrogen and oxygen atoms in total. The molecule has 116 valence electrons. The highest BCUT2D eigenvalue weighted by Gasteiger charge is 2.20. The first kappa shape index (κ1) is 14.9. The van der Waals surface area contributed by atoms with Crippen LogP contribution in [0.4, 0.5) is 5.95 Å². The Kier molecular flexibility index (Phi) is 4.63. The summed E-state index contributed by atoms with van der Waals surface area (Å²) in [6.07, 6.45) is 8.44. The first-order valence-electron chi connectivity index (χ1n) is 7.78. The molecule has 3 heterocycles. The average molecular weight is 298 g/mol. The molecule has 2 aromatic rings. The molecule has 0 spiro atoms. The van der Waals surface area contributed by atoms with Crippen LogP contribution in [0.25, 0.3) is 0 Å². The van der Waals surface area contributed by atoms with Gasteiger partial charge in [-0.2, -0.15) is 0 Å². The number of rotatable bonds is 5. The largest absolute Gasteiger partial charge is 0.376 e. The second kappa shape index (κ2) is 6.83. The van der Waals surface area contributed by atoms with Gasteiger partial charge in [0, 0.05) is 44.5 Å². The number of anilines is 1. The number of fused-ring (bicyclic) bond motifs is 1. The molecular formula is C17H22N4O. The van der Waals surface area contributed by atoms with Crippen molar-refractivity contribution in [2.75, 3.05) is 18.1 Å². The molecule has 2 aromatic heterocycles. The van der Waals surface area contributed by atoms with Crippen LogP contribution in [0.5, 0.6) is 0 Å². The van der Waals surface area contributed by atoms with Crippen LogP contribution in [-0.4, -0.2) is 28.1 Å². The lowest BCUT2D eigenvalue weighted by atomic mass is 9.97. The quantitative estimate of drug-likeness (QED) is 0.849. The van der Waals surface area contributed by atoms with E-state index in [1.807, 2.05) is 18.5 Å².